The Balaban J connectivity index is 1.54. The third kappa shape index (κ3) is 6.11. The van der Waals surface area contributed by atoms with Crippen molar-refractivity contribution in [1.82, 2.24) is 10.2 Å². The van der Waals surface area contributed by atoms with Crippen LogP contribution in [0.4, 0.5) is 0 Å². The van der Waals surface area contributed by atoms with E-state index in [2.05, 4.69) is 12.2 Å². The monoisotopic (exact) mass is 326 g/mol. The van der Waals surface area contributed by atoms with Gasteiger partial charge < -0.3 is 15.2 Å². The van der Waals surface area contributed by atoms with Gasteiger partial charge in [-0.1, -0.05) is 19.8 Å². The van der Waals surface area contributed by atoms with E-state index in [9.17, 15) is 9.59 Å². The van der Waals surface area contributed by atoms with E-state index in [1.165, 1.54) is 19.3 Å². The molecular formula is C17H30N2O4. The molecule has 1 heterocycles. The molecule has 1 saturated heterocycles. The molecule has 0 radical (unpaired) electrons. The van der Waals surface area contributed by atoms with Crippen molar-refractivity contribution >= 4 is 11.9 Å². The Morgan fingerprint density at radius 1 is 1.17 bits per heavy atom. The molecule has 0 spiro atoms. The van der Waals surface area contributed by atoms with Gasteiger partial charge in [-0.25, -0.2) is 0 Å². The van der Waals surface area contributed by atoms with Crippen LogP contribution in [0.5, 0.6) is 0 Å². The number of nitrogens with one attached hydrogen (secondary N) is 1. The van der Waals surface area contributed by atoms with Crippen LogP contribution in [-0.2, 0) is 14.3 Å². The third-order valence-corrected chi connectivity index (χ3v) is 5.09. The first-order valence-corrected chi connectivity index (χ1v) is 8.89. The topological polar surface area (TPSA) is 78.9 Å². The Bertz CT molecular complexity index is 394. The molecular weight excluding hydrogens is 296 g/mol. The molecule has 1 aliphatic heterocycles. The van der Waals surface area contributed by atoms with Gasteiger partial charge in [-0.2, -0.15) is 0 Å². The quantitative estimate of drug-likeness (QED) is 0.693. The van der Waals surface area contributed by atoms with Crippen LogP contribution < -0.4 is 5.32 Å². The molecule has 2 unspecified atom stereocenters. The molecule has 2 fully saturated rings. The highest BCUT2D eigenvalue weighted by Crippen LogP contribution is 2.25. The van der Waals surface area contributed by atoms with Crippen LogP contribution in [0.2, 0.25) is 0 Å². The van der Waals surface area contributed by atoms with E-state index >= 15 is 0 Å². The van der Waals surface area contributed by atoms with E-state index in [0.717, 1.165) is 6.42 Å². The number of carboxylic acids is 1. The van der Waals surface area contributed by atoms with Gasteiger partial charge >= 0.3 is 5.97 Å². The smallest absolute Gasteiger partial charge is 0.306 e. The van der Waals surface area contributed by atoms with E-state index in [-0.39, 0.29) is 11.8 Å². The van der Waals surface area contributed by atoms with Crippen molar-refractivity contribution in [2.24, 2.45) is 11.8 Å². The first kappa shape index (κ1) is 18.2. The van der Waals surface area contributed by atoms with Gasteiger partial charge in [0.2, 0.25) is 5.91 Å². The zero-order valence-electron chi connectivity index (χ0n) is 14.1. The minimum Gasteiger partial charge on any atom is -0.481 e. The zero-order chi connectivity index (χ0) is 16.7. The largest absolute Gasteiger partial charge is 0.481 e. The van der Waals surface area contributed by atoms with Crippen LogP contribution in [0, 0.1) is 11.8 Å². The van der Waals surface area contributed by atoms with Crippen LogP contribution in [0.3, 0.4) is 0 Å². The van der Waals surface area contributed by atoms with Crippen molar-refractivity contribution in [2.45, 2.75) is 51.6 Å². The Morgan fingerprint density at radius 3 is 2.52 bits per heavy atom. The molecule has 0 bridgehead atoms. The highest BCUT2D eigenvalue weighted by atomic mass is 16.5. The predicted octanol–water partition coefficient (Wildman–Crippen LogP) is 1.49. The fourth-order valence-corrected chi connectivity index (χ4v) is 3.53. The van der Waals surface area contributed by atoms with E-state index in [0.29, 0.717) is 57.6 Å². The van der Waals surface area contributed by atoms with Crippen molar-refractivity contribution < 1.29 is 19.4 Å². The van der Waals surface area contributed by atoms with Gasteiger partial charge in [0, 0.05) is 6.54 Å². The number of carbonyl (C=O) groups excluding carboxylic acids is 1. The maximum Gasteiger partial charge on any atom is 0.306 e. The molecule has 2 N–H and O–H groups in total. The molecule has 132 valence electrons. The summed E-state index contributed by atoms with van der Waals surface area (Å²) in [5.41, 5.74) is 0. The molecule has 1 aliphatic carbocycles. The summed E-state index contributed by atoms with van der Waals surface area (Å²) in [5, 5.41) is 11.9. The van der Waals surface area contributed by atoms with E-state index in [1.54, 1.807) is 0 Å². The highest BCUT2D eigenvalue weighted by Gasteiger charge is 2.25. The number of aliphatic carboxylic acids is 1. The average Bonchev–Trinajstić information content (AvgIpc) is 2.53. The lowest BCUT2D eigenvalue weighted by Gasteiger charge is -2.30. The SMILES string of the molecule is CC1CCCCC1OCCNC(=O)CN1CCC(C(=O)O)CC1. The van der Waals surface area contributed by atoms with Gasteiger partial charge in [0.25, 0.3) is 0 Å². The fourth-order valence-electron chi connectivity index (χ4n) is 3.53. The van der Waals surface area contributed by atoms with Crippen LogP contribution in [0.1, 0.15) is 45.4 Å². The third-order valence-electron chi connectivity index (χ3n) is 5.09. The second-order valence-corrected chi connectivity index (χ2v) is 6.91. The van der Waals surface area contributed by atoms with Gasteiger partial charge in [0.1, 0.15) is 0 Å². The number of carbonyl (C=O) groups is 2. The van der Waals surface area contributed by atoms with E-state index in [4.69, 9.17) is 9.84 Å². The second kappa shape index (κ2) is 9.23. The molecule has 6 nitrogen and oxygen atoms in total. The highest BCUT2D eigenvalue weighted by molar-refractivity contribution is 5.78. The predicted molar refractivity (Wildman–Crippen MR) is 87.2 cm³/mol. The fraction of sp³-hybridized carbons (Fsp3) is 0.882. The standard InChI is InChI=1S/C17H30N2O4/c1-13-4-2-3-5-15(13)23-11-8-18-16(20)12-19-9-6-14(7-10-19)17(21)22/h13-15H,2-12H2,1H3,(H,18,20)(H,21,22). The van der Waals surface area contributed by atoms with Crippen LogP contribution in [0.15, 0.2) is 0 Å². The van der Waals surface area contributed by atoms with Gasteiger partial charge in [-0.15, -0.1) is 0 Å². The van der Waals surface area contributed by atoms with Crippen molar-refractivity contribution in [3.63, 3.8) is 0 Å². The first-order valence-electron chi connectivity index (χ1n) is 8.89. The number of rotatable bonds is 7. The number of carboxylic acid groups (broad SMARTS) is 1. The molecule has 1 saturated carbocycles. The summed E-state index contributed by atoms with van der Waals surface area (Å²) in [6.07, 6.45) is 6.52. The Hall–Kier alpha value is -1.14. The molecule has 2 atom stereocenters. The number of nitrogens with zero attached hydrogens (tertiary/aromatic N) is 1. The summed E-state index contributed by atoms with van der Waals surface area (Å²) in [6.45, 7) is 5.08. The molecule has 0 aromatic rings. The average molecular weight is 326 g/mol. The molecule has 0 aromatic heterocycles. The molecule has 6 heteroatoms. The Morgan fingerprint density at radius 2 is 1.87 bits per heavy atom. The van der Waals surface area contributed by atoms with Gasteiger partial charge in [-0.05, 0) is 44.7 Å². The van der Waals surface area contributed by atoms with Gasteiger partial charge in [0.05, 0.1) is 25.2 Å². The Kier molecular flexibility index (Phi) is 7.30. The van der Waals surface area contributed by atoms with Crippen molar-refractivity contribution in [2.75, 3.05) is 32.8 Å². The summed E-state index contributed by atoms with van der Waals surface area (Å²) in [5.74, 6) is -0.350. The summed E-state index contributed by atoms with van der Waals surface area (Å²) in [6, 6.07) is 0. The summed E-state index contributed by atoms with van der Waals surface area (Å²) >= 11 is 0. The lowest BCUT2D eigenvalue weighted by molar-refractivity contribution is -0.143. The van der Waals surface area contributed by atoms with Crippen molar-refractivity contribution in [3.8, 4) is 0 Å². The number of likely N-dealkylation sites (tertiary alicyclic amines) is 1. The minimum atomic E-state index is -0.719. The Labute approximate surface area is 138 Å². The number of hydrogen-bond acceptors (Lipinski definition) is 4. The van der Waals surface area contributed by atoms with Gasteiger partial charge in [0.15, 0.2) is 0 Å². The maximum absolute atomic E-state index is 11.9. The van der Waals surface area contributed by atoms with Crippen molar-refractivity contribution in [1.29, 1.82) is 0 Å². The molecule has 1 amide bonds. The summed E-state index contributed by atoms with van der Waals surface area (Å²) in [7, 11) is 0. The minimum absolute atomic E-state index is 0.000863. The zero-order valence-corrected chi connectivity index (χ0v) is 14.1. The first-order chi connectivity index (χ1) is 11.1. The van der Waals surface area contributed by atoms with Gasteiger partial charge in [-0.3, -0.25) is 14.5 Å². The van der Waals surface area contributed by atoms with E-state index in [1.807, 2.05) is 4.90 Å². The lowest BCUT2D eigenvalue weighted by Crippen LogP contribution is -2.43. The maximum atomic E-state index is 11.9. The summed E-state index contributed by atoms with van der Waals surface area (Å²) in [4.78, 5) is 24.8. The van der Waals surface area contributed by atoms with Crippen LogP contribution in [0.25, 0.3) is 0 Å². The number of ether oxygens (including phenoxy) is 1. The summed E-state index contributed by atoms with van der Waals surface area (Å²) < 4.78 is 5.88. The van der Waals surface area contributed by atoms with Crippen LogP contribution in [-0.4, -0.2) is 60.8 Å². The molecule has 2 rings (SSSR count). The number of piperidine rings is 1. The number of amides is 1. The van der Waals surface area contributed by atoms with Crippen LogP contribution >= 0.6 is 0 Å². The molecule has 0 aromatic carbocycles. The molecule has 2 aliphatic rings. The second-order valence-electron chi connectivity index (χ2n) is 6.91. The number of hydrogen-bond donors (Lipinski definition) is 2. The lowest BCUT2D eigenvalue weighted by atomic mass is 9.88. The van der Waals surface area contributed by atoms with Crippen molar-refractivity contribution in [3.05, 3.63) is 0 Å². The van der Waals surface area contributed by atoms with E-state index < -0.39 is 5.97 Å². The normalized spacial score (nSPS) is 26.8. The molecule has 23 heavy (non-hydrogen) atoms.